The number of nitrogens with zero attached hydrogens (tertiary/aromatic N) is 2. The van der Waals surface area contributed by atoms with Gasteiger partial charge in [0.2, 0.25) is 0 Å². The molecule has 6 aliphatic rings. The van der Waals surface area contributed by atoms with Gasteiger partial charge in [-0.25, -0.2) is 0 Å². The highest BCUT2D eigenvalue weighted by atomic mass is 16.5. The molecule has 0 bridgehead atoms. The van der Waals surface area contributed by atoms with Crippen LogP contribution in [-0.4, -0.2) is 85.4 Å². The van der Waals surface area contributed by atoms with Gasteiger partial charge >= 0.3 is 11.9 Å². The van der Waals surface area contributed by atoms with E-state index >= 15 is 0 Å². The Balaban J connectivity index is 1.27. The molecule has 0 amide bonds. The van der Waals surface area contributed by atoms with E-state index in [0.29, 0.717) is 29.7 Å². The lowest BCUT2D eigenvalue weighted by molar-refractivity contribution is -0.182. The van der Waals surface area contributed by atoms with E-state index in [1.54, 1.807) is 13.8 Å². The van der Waals surface area contributed by atoms with Crippen molar-refractivity contribution < 1.29 is 23.8 Å². The number of carbonyl (C=O) groups excluding carboxylic acids is 2. The van der Waals surface area contributed by atoms with E-state index < -0.39 is 0 Å². The van der Waals surface area contributed by atoms with E-state index in [2.05, 4.69) is 23.6 Å². The number of hydrogen-bond acceptors (Lipinski definition) is 7. The normalized spacial score (nSPS) is 47.6. The molecule has 10 atom stereocenters. The molecule has 4 saturated carbocycles. The molecule has 0 N–H and O–H groups in total. The fraction of sp³-hybridized carbons (Fsp3) is 0.935. The fourth-order valence-corrected chi connectivity index (χ4v) is 10.6. The minimum Gasteiger partial charge on any atom is -0.461 e. The molecule has 0 aromatic rings. The molecule has 7 nitrogen and oxygen atoms in total. The quantitative estimate of drug-likeness (QED) is 0.503. The predicted octanol–water partition coefficient (Wildman–Crippen LogP) is 4.28. The van der Waals surface area contributed by atoms with Crippen LogP contribution in [-0.2, 0) is 23.8 Å². The second-order valence-electron chi connectivity index (χ2n) is 14.1. The molecule has 4 aliphatic carbocycles. The van der Waals surface area contributed by atoms with Crippen molar-refractivity contribution in [3.63, 3.8) is 0 Å². The molecule has 0 radical (unpaired) electrons. The largest absolute Gasteiger partial charge is 0.461 e. The van der Waals surface area contributed by atoms with Gasteiger partial charge in [0, 0.05) is 44.4 Å². The van der Waals surface area contributed by atoms with Crippen molar-refractivity contribution in [2.75, 3.05) is 39.4 Å². The van der Waals surface area contributed by atoms with Gasteiger partial charge in [0.05, 0.1) is 13.2 Å². The zero-order valence-corrected chi connectivity index (χ0v) is 24.2. The van der Waals surface area contributed by atoms with Crippen molar-refractivity contribution in [3.05, 3.63) is 0 Å². The maximum Gasteiger partial charge on any atom is 0.302 e. The summed E-state index contributed by atoms with van der Waals surface area (Å²) in [5, 5.41) is 0. The molecule has 6 fully saturated rings. The van der Waals surface area contributed by atoms with Crippen LogP contribution in [0.4, 0.5) is 0 Å². The van der Waals surface area contributed by atoms with Crippen LogP contribution < -0.4 is 0 Å². The number of hydrogen-bond donors (Lipinski definition) is 0. The van der Waals surface area contributed by atoms with Gasteiger partial charge in [-0.15, -0.1) is 0 Å². The molecule has 7 heteroatoms. The Morgan fingerprint density at radius 3 is 2.16 bits per heavy atom. The Morgan fingerprint density at radius 1 is 0.789 bits per heavy atom. The zero-order valence-electron chi connectivity index (χ0n) is 24.2. The van der Waals surface area contributed by atoms with Crippen LogP contribution in [0, 0.1) is 34.5 Å². The smallest absolute Gasteiger partial charge is 0.302 e. The number of rotatable bonds is 4. The summed E-state index contributed by atoms with van der Waals surface area (Å²) in [5.41, 5.74) is 0.328. The summed E-state index contributed by atoms with van der Waals surface area (Å²) < 4.78 is 17.9. The molecule has 0 aromatic carbocycles. The minimum atomic E-state index is -0.144. The first-order chi connectivity index (χ1) is 18.2. The lowest BCUT2D eigenvalue weighted by Gasteiger charge is -2.62. The van der Waals surface area contributed by atoms with Gasteiger partial charge in [-0.05, 0) is 100.0 Å². The second-order valence-corrected chi connectivity index (χ2v) is 14.1. The van der Waals surface area contributed by atoms with Crippen molar-refractivity contribution in [2.45, 2.75) is 110 Å². The molecular formula is C31H50N2O5. The molecule has 5 unspecified atom stereocenters. The first kappa shape index (κ1) is 27.0. The van der Waals surface area contributed by atoms with E-state index in [9.17, 15) is 9.59 Å². The lowest BCUT2D eigenvalue weighted by atomic mass is 9.44. The fourth-order valence-electron chi connectivity index (χ4n) is 10.6. The first-order valence-corrected chi connectivity index (χ1v) is 15.6. The summed E-state index contributed by atoms with van der Waals surface area (Å²) in [7, 11) is 0. The number of morpholine rings is 1. The van der Waals surface area contributed by atoms with E-state index in [-0.39, 0.29) is 41.0 Å². The van der Waals surface area contributed by atoms with Crippen molar-refractivity contribution in [1.82, 2.24) is 9.80 Å². The second kappa shape index (κ2) is 10.3. The van der Waals surface area contributed by atoms with Crippen molar-refractivity contribution in [1.29, 1.82) is 0 Å². The van der Waals surface area contributed by atoms with Gasteiger partial charge in [-0.3, -0.25) is 19.4 Å². The molecule has 6 rings (SSSR count). The molecule has 38 heavy (non-hydrogen) atoms. The lowest BCUT2D eigenvalue weighted by Crippen LogP contribution is -2.61. The third kappa shape index (κ3) is 4.52. The van der Waals surface area contributed by atoms with Gasteiger partial charge in [0.1, 0.15) is 12.2 Å². The van der Waals surface area contributed by atoms with Crippen LogP contribution in [0.1, 0.15) is 85.5 Å². The highest BCUT2D eigenvalue weighted by Crippen LogP contribution is 2.67. The average molecular weight is 531 g/mol. The van der Waals surface area contributed by atoms with Crippen LogP contribution >= 0.6 is 0 Å². The SMILES string of the molecule is CC(=O)OC1CC2CC[C@@H]3[C@@H](CC[C@]4(C)C(OC(C)=O)C(N5CCCC5)C[C@@H]34)[C@@]2(C)CC1N1CCOCC1. The summed E-state index contributed by atoms with van der Waals surface area (Å²) in [6.07, 6.45) is 10.7. The van der Waals surface area contributed by atoms with Crippen LogP contribution in [0.2, 0.25) is 0 Å². The van der Waals surface area contributed by atoms with Crippen molar-refractivity contribution >= 4 is 11.9 Å². The van der Waals surface area contributed by atoms with Gasteiger partial charge in [0.25, 0.3) is 0 Å². The van der Waals surface area contributed by atoms with E-state index in [4.69, 9.17) is 14.2 Å². The summed E-state index contributed by atoms with van der Waals surface area (Å²) >= 11 is 0. The van der Waals surface area contributed by atoms with Crippen LogP contribution in [0.25, 0.3) is 0 Å². The third-order valence-corrected chi connectivity index (χ3v) is 12.3. The average Bonchev–Trinajstić information content (AvgIpc) is 3.51. The Bertz CT molecular complexity index is 901. The highest BCUT2D eigenvalue weighted by molar-refractivity contribution is 5.66. The maximum atomic E-state index is 12.3. The highest BCUT2D eigenvalue weighted by Gasteiger charge is 2.65. The summed E-state index contributed by atoms with van der Waals surface area (Å²) in [5.74, 6) is 2.34. The molecular weight excluding hydrogens is 480 g/mol. The number of ether oxygens (including phenoxy) is 3. The third-order valence-electron chi connectivity index (χ3n) is 12.3. The maximum absolute atomic E-state index is 12.3. The molecule has 0 spiro atoms. The molecule has 0 aromatic heterocycles. The predicted molar refractivity (Wildman–Crippen MR) is 144 cm³/mol. The standard InChI is InChI=1S/C31H50N2O5/c1-20(34)37-28-17-22-7-8-23-24(31(22,4)19-27(28)33-13-15-36-16-14-33)9-10-30(3)25(23)18-26(29(30)38-21(2)35)32-11-5-6-12-32/h22-29H,5-19H2,1-4H3/t22?,23-,24-,25+,26?,27?,28?,29?,30+,31+/m1/s1. The first-order valence-electron chi connectivity index (χ1n) is 15.6. The van der Waals surface area contributed by atoms with E-state index in [1.807, 2.05) is 0 Å². The van der Waals surface area contributed by atoms with E-state index in [1.165, 1.54) is 38.5 Å². The number of fused-ring (bicyclic) bond motifs is 5. The van der Waals surface area contributed by atoms with E-state index in [0.717, 1.165) is 58.7 Å². The molecule has 2 heterocycles. The van der Waals surface area contributed by atoms with Gasteiger partial charge < -0.3 is 14.2 Å². The van der Waals surface area contributed by atoms with Crippen LogP contribution in [0.3, 0.4) is 0 Å². The van der Waals surface area contributed by atoms with Gasteiger partial charge in [-0.1, -0.05) is 13.8 Å². The summed E-state index contributed by atoms with van der Waals surface area (Å²) in [6.45, 7) is 13.9. The summed E-state index contributed by atoms with van der Waals surface area (Å²) in [4.78, 5) is 29.6. The Hall–Kier alpha value is -1.18. The molecule has 214 valence electrons. The molecule has 2 aliphatic heterocycles. The van der Waals surface area contributed by atoms with Crippen LogP contribution in [0.15, 0.2) is 0 Å². The number of likely N-dealkylation sites (tertiary alicyclic amines) is 1. The van der Waals surface area contributed by atoms with Crippen LogP contribution in [0.5, 0.6) is 0 Å². The van der Waals surface area contributed by atoms with Crippen molar-refractivity contribution in [3.8, 4) is 0 Å². The Labute approximate surface area is 229 Å². The monoisotopic (exact) mass is 530 g/mol. The number of carbonyl (C=O) groups is 2. The Kier molecular flexibility index (Phi) is 7.35. The van der Waals surface area contributed by atoms with Gasteiger partial charge in [0.15, 0.2) is 0 Å². The molecule has 2 saturated heterocycles. The number of esters is 2. The topological polar surface area (TPSA) is 68.3 Å². The summed E-state index contributed by atoms with van der Waals surface area (Å²) in [6, 6.07) is 0.660. The minimum absolute atomic E-state index is 0.00606. The van der Waals surface area contributed by atoms with Crippen molar-refractivity contribution in [2.24, 2.45) is 34.5 Å². The zero-order chi connectivity index (χ0) is 26.7. The van der Waals surface area contributed by atoms with Gasteiger partial charge in [-0.2, -0.15) is 0 Å². The Morgan fingerprint density at radius 2 is 1.47 bits per heavy atom.